The molecule has 0 bridgehead atoms. The summed E-state index contributed by atoms with van der Waals surface area (Å²) in [5.41, 5.74) is 3.80. The molecule has 0 unspecified atom stereocenters. The molecule has 1 saturated carbocycles. The summed E-state index contributed by atoms with van der Waals surface area (Å²) in [5.74, 6) is 1.30. The van der Waals surface area contributed by atoms with Crippen LogP contribution in [0.2, 0.25) is 0 Å². The molecule has 2 fully saturated rings. The molecule has 36 heavy (non-hydrogen) atoms. The molecule has 4 aromatic rings. The van der Waals surface area contributed by atoms with Gasteiger partial charge in [0.05, 0.1) is 24.0 Å². The average molecular weight is 507 g/mol. The molecule has 1 atom stereocenters. The molecule has 0 radical (unpaired) electrons. The quantitative estimate of drug-likeness (QED) is 0.378. The third-order valence-electron chi connectivity index (χ3n) is 7.50. The molecule has 1 aromatic carbocycles. The number of ether oxygens (including phenoxy) is 1. The number of carbonyl (C=O) groups is 2. The molecule has 8 nitrogen and oxygen atoms in total. The van der Waals surface area contributed by atoms with Crippen LogP contribution in [0.15, 0.2) is 35.7 Å². The van der Waals surface area contributed by atoms with Gasteiger partial charge in [-0.1, -0.05) is 0 Å². The Labute approximate surface area is 213 Å². The SMILES string of the molecule is COc1cc(C(=O)N2CCC[C@@H](NC(=O)O)C2)cc2cc(-c3cc4ccsc4n3CC3CC3)n(C)c12. The van der Waals surface area contributed by atoms with E-state index in [2.05, 4.69) is 45.1 Å². The fraction of sp³-hybridized carbons (Fsp3) is 0.407. The number of aromatic nitrogens is 2. The van der Waals surface area contributed by atoms with E-state index in [-0.39, 0.29) is 11.9 Å². The summed E-state index contributed by atoms with van der Waals surface area (Å²) < 4.78 is 10.4. The average Bonchev–Trinajstić information content (AvgIpc) is 3.31. The number of hydrogen-bond donors (Lipinski definition) is 2. The number of nitrogens with zero attached hydrogens (tertiary/aromatic N) is 3. The van der Waals surface area contributed by atoms with Gasteiger partial charge in [-0.25, -0.2) is 4.79 Å². The molecule has 0 spiro atoms. The van der Waals surface area contributed by atoms with Gasteiger partial charge in [-0.05, 0) is 67.3 Å². The minimum Gasteiger partial charge on any atom is -0.495 e. The summed E-state index contributed by atoms with van der Waals surface area (Å²) >= 11 is 1.78. The Bertz CT molecular complexity index is 1480. The van der Waals surface area contributed by atoms with Crippen molar-refractivity contribution >= 4 is 44.5 Å². The van der Waals surface area contributed by atoms with Gasteiger partial charge < -0.3 is 29.2 Å². The number of hydrogen-bond acceptors (Lipinski definition) is 4. The number of aryl methyl sites for hydroxylation is 1. The van der Waals surface area contributed by atoms with Crippen LogP contribution in [0, 0.1) is 5.92 Å². The highest BCUT2D eigenvalue weighted by molar-refractivity contribution is 7.16. The maximum Gasteiger partial charge on any atom is 0.404 e. The van der Waals surface area contributed by atoms with Crippen molar-refractivity contribution in [3.63, 3.8) is 0 Å². The number of likely N-dealkylation sites (tertiary alicyclic amines) is 1. The van der Waals surface area contributed by atoms with Gasteiger partial charge in [-0.15, -0.1) is 11.3 Å². The summed E-state index contributed by atoms with van der Waals surface area (Å²) in [6, 6.07) is 10.1. The van der Waals surface area contributed by atoms with Crippen LogP contribution in [0.3, 0.4) is 0 Å². The normalized spacial score (nSPS) is 18.2. The van der Waals surface area contributed by atoms with Crippen molar-refractivity contribution in [3.8, 4) is 17.1 Å². The summed E-state index contributed by atoms with van der Waals surface area (Å²) in [7, 11) is 3.69. The molecular formula is C27H30N4O4S. The first-order chi connectivity index (χ1) is 17.4. The number of piperidine rings is 1. The minimum absolute atomic E-state index is 0.102. The maximum atomic E-state index is 13.5. The predicted octanol–water partition coefficient (Wildman–Crippen LogP) is 5.15. The van der Waals surface area contributed by atoms with Crippen molar-refractivity contribution in [1.29, 1.82) is 0 Å². The van der Waals surface area contributed by atoms with Crippen molar-refractivity contribution in [1.82, 2.24) is 19.4 Å². The van der Waals surface area contributed by atoms with E-state index in [1.54, 1.807) is 23.3 Å². The van der Waals surface area contributed by atoms with Crippen molar-refractivity contribution in [2.24, 2.45) is 13.0 Å². The lowest BCUT2D eigenvalue weighted by atomic mass is 10.0. The Balaban J connectivity index is 1.39. The van der Waals surface area contributed by atoms with Crippen LogP contribution >= 0.6 is 11.3 Å². The van der Waals surface area contributed by atoms with E-state index in [0.29, 0.717) is 24.4 Å². The monoisotopic (exact) mass is 506 g/mol. The number of methoxy groups -OCH3 is 1. The van der Waals surface area contributed by atoms with Crippen LogP contribution in [-0.4, -0.2) is 57.4 Å². The number of carbonyl (C=O) groups excluding carboxylic acids is 1. The Hall–Kier alpha value is -3.46. The zero-order valence-corrected chi connectivity index (χ0v) is 21.3. The zero-order valence-electron chi connectivity index (χ0n) is 20.5. The predicted molar refractivity (Wildman–Crippen MR) is 141 cm³/mol. The van der Waals surface area contributed by atoms with Gasteiger partial charge in [0.25, 0.3) is 5.91 Å². The third kappa shape index (κ3) is 4.01. The van der Waals surface area contributed by atoms with E-state index in [4.69, 9.17) is 9.84 Å². The molecule has 1 aliphatic heterocycles. The Morgan fingerprint density at radius 2 is 1.94 bits per heavy atom. The van der Waals surface area contributed by atoms with E-state index in [1.807, 2.05) is 12.1 Å². The van der Waals surface area contributed by atoms with E-state index < -0.39 is 6.09 Å². The molecule has 2 aliphatic rings. The first kappa shape index (κ1) is 23.0. The Morgan fingerprint density at radius 3 is 2.69 bits per heavy atom. The molecule has 2 amide bonds. The van der Waals surface area contributed by atoms with Crippen molar-refractivity contribution in [2.75, 3.05) is 20.2 Å². The molecule has 4 heterocycles. The second kappa shape index (κ2) is 8.89. The standard InChI is InChI=1S/C27H30N4O4S/c1-29-21(22-11-17-7-9-36-26(17)31(22)14-16-5-6-16)12-18-10-19(13-23(35-2)24(18)29)25(32)30-8-3-4-20(15-30)28-27(33)34/h7,9-13,16,20,28H,3-6,8,14-15H2,1-2H3,(H,33,34)/t20-/m1/s1. The number of rotatable bonds is 6. The summed E-state index contributed by atoms with van der Waals surface area (Å²) in [6.45, 7) is 2.02. The van der Waals surface area contributed by atoms with Gasteiger partial charge in [0.2, 0.25) is 0 Å². The third-order valence-corrected chi connectivity index (χ3v) is 8.45. The number of carboxylic acid groups (broad SMARTS) is 1. The van der Waals surface area contributed by atoms with Gasteiger partial charge in [-0.3, -0.25) is 4.79 Å². The number of nitrogens with one attached hydrogen (secondary N) is 1. The molecular weight excluding hydrogens is 476 g/mol. The number of benzene rings is 1. The smallest absolute Gasteiger partial charge is 0.404 e. The van der Waals surface area contributed by atoms with Crippen molar-refractivity contribution in [3.05, 3.63) is 41.3 Å². The highest BCUT2D eigenvalue weighted by Crippen LogP contribution is 2.40. The first-order valence-corrected chi connectivity index (χ1v) is 13.3. The fourth-order valence-corrected chi connectivity index (χ4v) is 6.46. The number of fused-ring (bicyclic) bond motifs is 2. The molecule has 1 aliphatic carbocycles. The lowest BCUT2D eigenvalue weighted by Crippen LogP contribution is -2.49. The van der Waals surface area contributed by atoms with Gasteiger partial charge in [0.15, 0.2) is 0 Å². The van der Waals surface area contributed by atoms with Gasteiger partial charge in [0, 0.05) is 49.1 Å². The second-order valence-corrected chi connectivity index (χ2v) is 10.9. The van der Waals surface area contributed by atoms with Gasteiger partial charge in [-0.2, -0.15) is 0 Å². The maximum absolute atomic E-state index is 13.5. The Kier molecular flexibility index (Phi) is 5.67. The fourth-order valence-electron chi connectivity index (χ4n) is 5.55. The highest BCUT2D eigenvalue weighted by atomic mass is 32.1. The topological polar surface area (TPSA) is 88.7 Å². The van der Waals surface area contributed by atoms with Crippen LogP contribution in [0.1, 0.15) is 36.0 Å². The van der Waals surface area contributed by atoms with E-state index in [0.717, 1.165) is 41.9 Å². The minimum atomic E-state index is -1.06. The molecule has 188 valence electrons. The summed E-state index contributed by atoms with van der Waals surface area (Å²) in [4.78, 5) is 27.6. The van der Waals surface area contributed by atoms with Gasteiger partial charge in [0.1, 0.15) is 10.6 Å². The lowest BCUT2D eigenvalue weighted by molar-refractivity contribution is 0.0692. The van der Waals surface area contributed by atoms with E-state index in [1.165, 1.54) is 28.8 Å². The molecule has 9 heteroatoms. The zero-order chi connectivity index (χ0) is 25.0. The number of amides is 2. The molecule has 1 saturated heterocycles. The second-order valence-electron chi connectivity index (χ2n) is 10.0. The summed E-state index contributed by atoms with van der Waals surface area (Å²) in [5, 5.41) is 16.0. The molecule has 3 aromatic heterocycles. The van der Waals surface area contributed by atoms with E-state index >= 15 is 0 Å². The van der Waals surface area contributed by atoms with Crippen LogP contribution < -0.4 is 10.1 Å². The first-order valence-electron chi connectivity index (χ1n) is 12.5. The largest absolute Gasteiger partial charge is 0.495 e. The van der Waals surface area contributed by atoms with Crippen LogP contribution in [-0.2, 0) is 13.6 Å². The van der Waals surface area contributed by atoms with Gasteiger partial charge >= 0.3 is 6.09 Å². The highest BCUT2D eigenvalue weighted by Gasteiger charge is 2.28. The Morgan fingerprint density at radius 1 is 1.14 bits per heavy atom. The van der Waals surface area contributed by atoms with Crippen molar-refractivity contribution in [2.45, 2.75) is 38.3 Å². The van der Waals surface area contributed by atoms with Crippen LogP contribution in [0.25, 0.3) is 32.5 Å². The van der Waals surface area contributed by atoms with Crippen molar-refractivity contribution < 1.29 is 19.4 Å². The molecule has 2 N–H and O–H groups in total. The summed E-state index contributed by atoms with van der Waals surface area (Å²) in [6.07, 6.45) is 3.02. The molecule has 6 rings (SSSR count). The van der Waals surface area contributed by atoms with E-state index in [9.17, 15) is 9.59 Å². The number of thiophene rings is 1. The van der Waals surface area contributed by atoms with Crippen LogP contribution in [0.5, 0.6) is 5.75 Å². The lowest BCUT2D eigenvalue weighted by Gasteiger charge is -2.32. The van der Waals surface area contributed by atoms with Crippen LogP contribution in [0.4, 0.5) is 4.79 Å².